The molecule has 0 unspecified atom stereocenters. The first kappa shape index (κ1) is 17.7. The van der Waals surface area contributed by atoms with Gasteiger partial charge in [-0.05, 0) is 18.4 Å². The highest BCUT2D eigenvalue weighted by Gasteiger charge is 1.93. The molecular weight excluding hydrogens is 264 g/mol. The van der Waals surface area contributed by atoms with Gasteiger partial charge in [-0.25, -0.2) is 0 Å². The van der Waals surface area contributed by atoms with Gasteiger partial charge in [-0.2, -0.15) is 0 Å². The molecule has 0 atom stereocenters. The minimum atomic E-state index is 0.659. The van der Waals surface area contributed by atoms with Gasteiger partial charge in [0.2, 0.25) is 0 Å². The van der Waals surface area contributed by atoms with Crippen LogP contribution < -0.4 is 0 Å². The van der Waals surface area contributed by atoms with Gasteiger partial charge in [0.25, 0.3) is 0 Å². The quantitative estimate of drug-likeness (QED) is 0.480. The van der Waals surface area contributed by atoms with E-state index in [9.17, 15) is 0 Å². The lowest BCUT2D eigenvalue weighted by Crippen LogP contribution is -1.83. The predicted octanol–water partition coefficient (Wildman–Crippen LogP) is 6.49. The highest BCUT2D eigenvalue weighted by atomic mass is 14.0. The van der Waals surface area contributed by atoms with Gasteiger partial charge in [-0.3, -0.25) is 0 Å². The lowest BCUT2D eigenvalue weighted by Gasteiger charge is -2.01. The summed E-state index contributed by atoms with van der Waals surface area (Å²) in [6.07, 6.45) is 0. The van der Waals surface area contributed by atoms with Crippen molar-refractivity contribution in [2.75, 3.05) is 0 Å². The Labute approximate surface area is 135 Å². The molecule has 0 amide bonds. The molecule has 22 heavy (non-hydrogen) atoms. The molecule has 0 heterocycles. The van der Waals surface area contributed by atoms with E-state index in [0.717, 1.165) is 0 Å². The Morgan fingerprint density at radius 2 is 0.818 bits per heavy atom. The maximum Gasteiger partial charge on any atom is -0.0219 e. The largest absolute Gasteiger partial charge is 0.0623 e. The maximum absolute atomic E-state index is 2.20. The topological polar surface area (TPSA) is 0 Å². The van der Waals surface area contributed by atoms with Crippen LogP contribution in [-0.2, 0) is 0 Å². The summed E-state index contributed by atoms with van der Waals surface area (Å²) in [6, 6.07) is 32.8. The minimum absolute atomic E-state index is 0.659. The highest BCUT2D eigenvalue weighted by molar-refractivity contribution is 5.17. The number of hydrogen-bond donors (Lipinski definition) is 0. The average molecular weight is 290 g/mol. The van der Waals surface area contributed by atoms with Crippen molar-refractivity contribution in [3.63, 3.8) is 0 Å². The lowest BCUT2D eigenvalue weighted by atomic mass is 10.0. The highest BCUT2D eigenvalue weighted by Crippen LogP contribution is 2.11. The molecule has 0 heteroatoms. The van der Waals surface area contributed by atoms with E-state index in [1.54, 1.807) is 0 Å². The molecule has 3 aromatic rings. The Balaban J connectivity index is 0.000000169. The van der Waals surface area contributed by atoms with Crippen LogP contribution in [0.5, 0.6) is 0 Å². The van der Waals surface area contributed by atoms with Crippen molar-refractivity contribution in [3.05, 3.63) is 108 Å². The van der Waals surface area contributed by atoms with Crippen molar-refractivity contribution in [1.29, 1.82) is 0 Å². The van der Waals surface area contributed by atoms with Gasteiger partial charge in [0.05, 0.1) is 0 Å². The zero-order valence-electron chi connectivity index (χ0n) is 13.8. The van der Waals surface area contributed by atoms with Crippen LogP contribution in [0.15, 0.2) is 97.1 Å². The van der Waals surface area contributed by atoms with Crippen molar-refractivity contribution < 1.29 is 0 Å². The van der Waals surface area contributed by atoms with Gasteiger partial charge in [-0.1, -0.05) is 116 Å². The molecule has 0 spiro atoms. The van der Waals surface area contributed by atoms with E-state index < -0.39 is 0 Å². The molecule has 0 radical (unpaired) electrons. The first-order valence-corrected chi connectivity index (χ1v) is 7.76. The Kier molecular flexibility index (Phi) is 9.12. The zero-order valence-corrected chi connectivity index (χ0v) is 13.8. The van der Waals surface area contributed by atoms with Crippen LogP contribution in [-0.4, -0.2) is 0 Å². The second-order valence-electron chi connectivity index (χ2n) is 5.37. The molecule has 3 aromatic carbocycles. The normalized spacial score (nSPS) is 9.09. The fourth-order valence-electron chi connectivity index (χ4n) is 1.76. The van der Waals surface area contributed by atoms with Crippen LogP contribution in [0.2, 0.25) is 0 Å². The van der Waals surface area contributed by atoms with Crippen molar-refractivity contribution in [3.8, 4) is 0 Å². The summed E-state index contributed by atoms with van der Waals surface area (Å²) in [5.74, 6) is 0.659. The third-order valence-corrected chi connectivity index (χ3v) is 3.07. The second-order valence-corrected chi connectivity index (χ2v) is 5.37. The Morgan fingerprint density at radius 1 is 0.500 bits per heavy atom. The average Bonchev–Trinajstić information content (AvgIpc) is 2.59. The van der Waals surface area contributed by atoms with Gasteiger partial charge in [0.1, 0.15) is 0 Å². The van der Waals surface area contributed by atoms with Crippen molar-refractivity contribution in [2.45, 2.75) is 26.7 Å². The van der Waals surface area contributed by atoms with Gasteiger partial charge in [-0.15, -0.1) is 0 Å². The summed E-state index contributed by atoms with van der Waals surface area (Å²) in [4.78, 5) is 0. The summed E-state index contributed by atoms with van der Waals surface area (Å²) in [7, 11) is 0. The van der Waals surface area contributed by atoms with Crippen LogP contribution in [0, 0.1) is 6.92 Å². The van der Waals surface area contributed by atoms with Crippen LogP contribution in [0.4, 0.5) is 0 Å². The summed E-state index contributed by atoms with van der Waals surface area (Å²) in [5, 5.41) is 0. The molecule has 0 aliphatic heterocycles. The molecule has 0 nitrogen and oxygen atoms in total. The number of rotatable bonds is 1. The number of benzene rings is 3. The van der Waals surface area contributed by atoms with Gasteiger partial charge in [0.15, 0.2) is 0 Å². The zero-order chi connectivity index (χ0) is 16.0. The first-order chi connectivity index (χ1) is 10.7. The SMILES string of the molecule is CC(C)c1ccccc1.Cc1ccccc1.c1ccccc1. The Bertz CT molecular complexity index is 541. The monoisotopic (exact) mass is 290 g/mol. The Morgan fingerprint density at radius 3 is 1.05 bits per heavy atom. The predicted molar refractivity (Wildman–Crippen MR) is 98.2 cm³/mol. The summed E-state index contributed by atoms with van der Waals surface area (Å²) in [5.41, 5.74) is 2.74. The number of hydrogen-bond acceptors (Lipinski definition) is 0. The molecule has 0 aliphatic carbocycles. The molecule has 0 aliphatic rings. The molecule has 0 bridgehead atoms. The second kappa shape index (κ2) is 11.3. The fraction of sp³-hybridized carbons (Fsp3) is 0.182. The van der Waals surface area contributed by atoms with E-state index in [2.05, 4.69) is 57.2 Å². The Hall–Kier alpha value is -2.34. The van der Waals surface area contributed by atoms with Crippen LogP contribution in [0.25, 0.3) is 0 Å². The van der Waals surface area contributed by atoms with Gasteiger partial charge in [0, 0.05) is 0 Å². The lowest BCUT2D eigenvalue weighted by molar-refractivity contribution is 0.867. The standard InChI is InChI=1S/C9H12.C7H8.C6H6/c1-8(2)9-6-4-3-5-7-9;1-7-5-3-2-4-6-7;1-2-4-6-5-3-1/h3-8H,1-2H3;2-6H,1H3;1-6H. The van der Waals surface area contributed by atoms with Gasteiger partial charge >= 0.3 is 0 Å². The molecule has 3 rings (SSSR count). The molecule has 0 saturated carbocycles. The van der Waals surface area contributed by atoms with E-state index >= 15 is 0 Å². The fourth-order valence-corrected chi connectivity index (χ4v) is 1.76. The van der Waals surface area contributed by atoms with Gasteiger partial charge < -0.3 is 0 Å². The first-order valence-electron chi connectivity index (χ1n) is 7.76. The summed E-state index contributed by atoms with van der Waals surface area (Å²) >= 11 is 0. The molecule has 0 fully saturated rings. The van der Waals surface area contributed by atoms with Crippen molar-refractivity contribution in [2.24, 2.45) is 0 Å². The van der Waals surface area contributed by atoms with E-state index in [1.165, 1.54) is 11.1 Å². The number of aryl methyl sites for hydroxylation is 1. The maximum atomic E-state index is 2.20. The van der Waals surface area contributed by atoms with E-state index in [-0.39, 0.29) is 0 Å². The van der Waals surface area contributed by atoms with E-state index in [4.69, 9.17) is 0 Å². The smallest absolute Gasteiger partial charge is 0.0219 e. The van der Waals surface area contributed by atoms with Crippen LogP contribution >= 0.6 is 0 Å². The van der Waals surface area contributed by atoms with Crippen LogP contribution in [0.3, 0.4) is 0 Å². The van der Waals surface area contributed by atoms with E-state index in [1.807, 2.05) is 60.7 Å². The van der Waals surface area contributed by atoms with E-state index in [0.29, 0.717) is 5.92 Å². The molecule has 0 aromatic heterocycles. The third kappa shape index (κ3) is 8.76. The minimum Gasteiger partial charge on any atom is -0.0623 e. The summed E-state index contributed by atoms with van der Waals surface area (Å²) in [6.45, 7) is 6.49. The van der Waals surface area contributed by atoms with Crippen molar-refractivity contribution >= 4 is 0 Å². The summed E-state index contributed by atoms with van der Waals surface area (Å²) < 4.78 is 0. The molecular formula is C22H26. The van der Waals surface area contributed by atoms with Crippen LogP contribution in [0.1, 0.15) is 30.9 Å². The molecule has 0 saturated heterocycles. The van der Waals surface area contributed by atoms with Crippen molar-refractivity contribution in [1.82, 2.24) is 0 Å². The molecule has 0 N–H and O–H groups in total. The molecule has 114 valence electrons. The third-order valence-electron chi connectivity index (χ3n) is 3.07.